The molecule has 1 atom stereocenters. The van der Waals surface area contributed by atoms with Crippen LogP contribution in [0.4, 0.5) is 0 Å². The third kappa shape index (κ3) is 5.52. The first kappa shape index (κ1) is 19.3. The van der Waals surface area contributed by atoms with Crippen molar-refractivity contribution in [3.8, 4) is 0 Å². The minimum Gasteiger partial charge on any atom is -0.351 e. The highest BCUT2D eigenvalue weighted by Crippen LogP contribution is 2.25. The summed E-state index contributed by atoms with van der Waals surface area (Å²) in [4.78, 5) is 21.8. The molecular weight excluding hydrogens is 324 g/mol. The Morgan fingerprint density at radius 3 is 2.50 bits per heavy atom. The molecule has 0 spiro atoms. The van der Waals surface area contributed by atoms with E-state index >= 15 is 0 Å². The average molecular weight is 359 g/mol. The van der Waals surface area contributed by atoms with Gasteiger partial charge in [-0.3, -0.25) is 19.6 Å². The number of rotatable bonds is 4. The Balaban J connectivity index is 1.47. The van der Waals surface area contributed by atoms with Crippen LogP contribution in [-0.4, -0.2) is 58.5 Å². The van der Waals surface area contributed by atoms with Crippen LogP contribution in [0, 0.1) is 5.92 Å². The molecule has 144 valence electrons. The van der Waals surface area contributed by atoms with Gasteiger partial charge in [0.15, 0.2) is 0 Å². The zero-order chi connectivity index (χ0) is 18.6. The fraction of sp³-hybridized carbons (Fsp3) is 0.714. The van der Waals surface area contributed by atoms with Crippen molar-refractivity contribution in [3.05, 3.63) is 30.1 Å². The maximum absolute atomic E-state index is 12.5. The van der Waals surface area contributed by atoms with Crippen LogP contribution in [0.1, 0.15) is 52.0 Å². The van der Waals surface area contributed by atoms with Gasteiger partial charge in [-0.15, -0.1) is 0 Å². The number of pyridine rings is 1. The molecule has 5 nitrogen and oxygen atoms in total. The lowest BCUT2D eigenvalue weighted by Crippen LogP contribution is -2.52. The van der Waals surface area contributed by atoms with Crippen LogP contribution < -0.4 is 5.32 Å². The molecular formula is C21H34N4O. The topological polar surface area (TPSA) is 48.5 Å². The van der Waals surface area contributed by atoms with E-state index in [-0.39, 0.29) is 17.4 Å². The summed E-state index contributed by atoms with van der Waals surface area (Å²) in [7, 11) is 0. The van der Waals surface area contributed by atoms with E-state index in [9.17, 15) is 4.79 Å². The lowest BCUT2D eigenvalue weighted by molar-refractivity contribution is -0.128. The van der Waals surface area contributed by atoms with Crippen LogP contribution >= 0.6 is 0 Å². The Bertz CT molecular complexity index is 575. The third-order valence-corrected chi connectivity index (χ3v) is 5.55. The zero-order valence-corrected chi connectivity index (χ0v) is 16.6. The summed E-state index contributed by atoms with van der Waals surface area (Å²) < 4.78 is 0. The van der Waals surface area contributed by atoms with Gasteiger partial charge < -0.3 is 5.32 Å². The Labute approximate surface area is 158 Å². The Hall–Kier alpha value is -1.46. The zero-order valence-electron chi connectivity index (χ0n) is 16.6. The van der Waals surface area contributed by atoms with Crippen LogP contribution in [0.15, 0.2) is 24.5 Å². The molecule has 0 bridgehead atoms. The second-order valence-electron chi connectivity index (χ2n) is 8.94. The van der Waals surface area contributed by atoms with Crippen molar-refractivity contribution in [2.75, 3.05) is 26.2 Å². The summed E-state index contributed by atoms with van der Waals surface area (Å²) in [6, 6.07) is 4.85. The van der Waals surface area contributed by atoms with Gasteiger partial charge in [-0.25, -0.2) is 0 Å². The SMILES string of the molecule is CC(C)(C)NC(=O)[C@H]1CCCN(C2CCN(Cc3ccncc3)CC2)C1. The Morgan fingerprint density at radius 1 is 1.15 bits per heavy atom. The molecule has 0 aliphatic carbocycles. The van der Waals surface area contributed by atoms with Crippen molar-refractivity contribution in [3.63, 3.8) is 0 Å². The van der Waals surface area contributed by atoms with Gasteiger partial charge >= 0.3 is 0 Å². The minimum atomic E-state index is -0.141. The Kier molecular flexibility index (Phi) is 6.30. The number of hydrogen-bond donors (Lipinski definition) is 1. The number of amides is 1. The largest absolute Gasteiger partial charge is 0.351 e. The molecule has 1 aromatic rings. The summed E-state index contributed by atoms with van der Waals surface area (Å²) in [5.74, 6) is 0.384. The molecule has 3 heterocycles. The van der Waals surface area contributed by atoms with Crippen LogP contribution in [0.2, 0.25) is 0 Å². The molecule has 2 aliphatic heterocycles. The number of carbonyl (C=O) groups excluding carboxylic acids is 1. The molecule has 0 radical (unpaired) electrons. The number of aromatic nitrogens is 1. The number of nitrogens with one attached hydrogen (secondary N) is 1. The predicted octanol–water partition coefficient (Wildman–Crippen LogP) is 2.67. The molecule has 0 aromatic carbocycles. The molecule has 2 saturated heterocycles. The highest BCUT2D eigenvalue weighted by Gasteiger charge is 2.32. The maximum Gasteiger partial charge on any atom is 0.224 e. The summed E-state index contributed by atoms with van der Waals surface area (Å²) in [6.07, 6.45) is 8.33. The first-order valence-corrected chi connectivity index (χ1v) is 10.1. The van der Waals surface area contributed by atoms with Crippen LogP contribution in [0.5, 0.6) is 0 Å². The van der Waals surface area contributed by atoms with Gasteiger partial charge in [0.1, 0.15) is 0 Å². The van der Waals surface area contributed by atoms with E-state index in [1.165, 1.54) is 18.4 Å². The number of piperidine rings is 2. The standard InChI is InChI=1S/C21H34N4O/c1-21(2,3)23-20(26)18-5-4-12-25(16-18)19-8-13-24(14-9-19)15-17-6-10-22-11-7-17/h6-7,10-11,18-19H,4-5,8-9,12-16H2,1-3H3,(H,23,26)/t18-/m0/s1. The van der Waals surface area contributed by atoms with E-state index in [0.29, 0.717) is 6.04 Å². The van der Waals surface area contributed by atoms with E-state index < -0.39 is 0 Å². The number of nitrogens with zero attached hydrogens (tertiary/aromatic N) is 3. The van der Waals surface area contributed by atoms with Crippen LogP contribution in [0.25, 0.3) is 0 Å². The molecule has 2 aliphatic rings. The van der Waals surface area contributed by atoms with E-state index in [1.807, 2.05) is 12.4 Å². The number of hydrogen-bond acceptors (Lipinski definition) is 4. The van der Waals surface area contributed by atoms with Crippen molar-refractivity contribution >= 4 is 5.91 Å². The van der Waals surface area contributed by atoms with E-state index in [1.54, 1.807) is 0 Å². The van der Waals surface area contributed by atoms with Gasteiger partial charge in [-0.05, 0) is 83.8 Å². The molecule has 26 heavy (non-hydrogen) atoms. The first-order chi connectivity index (χ1) is 12.4. The van der Waals surface area contributed by atoms with Crippen LogP contribution in [0.3, 0.4) is 0 Å². The quantitative estimate of drug-likeness (QED) is 0.899. The number of likely N-dealkylation sites (tertiary alicyclic amines) is 2. The molecule has 5 heteroatoms. The second-order valence-corrected chi connectivity index (χ2v) is 8.94. The fourth-order valence-electron chi connectivity index (χ4n) is 4.21. The molecule has 0 saturated carbocycles. The Morgan fingerprint density at radius 2 is 1.85 bits per heavy atom. The van der Waals surface area contributed by atoms with Gasteiger partial charge in [0.25, 0.3) is 0 Å². The minimum absolute atomic E-state index is 0.141. The van der Waals surface area contributed by atoms with Crippen molar-refractivity contribution in [1.82, 2.24) is 20.1 Å². The van der Waals surface area contributed by atoms with Crippen LogP contribution in [-0.2, 0) is 11.3 Å². The molecule has 2 fully saturated rings. The monoisotopic (exact) mass is 358 g/mol. The third-order valence-electron chi connectivity index (χ3n) is 5.55. The van der Waals surface area contributed by atoms with E-state index in [4.69, 9.17) is 0 Å². The van der Waals surface area contributed by atoms with Crippen molar-refractivity contribution in [1.29, 1.82) is 0 Å². The first-order valence-electron chi connectivity index (χ1n) is 10.1. The molecule has 1 N–H and O–H groups in total. The lowest BCUT2D eigenvalue weighted by atomic mass is 9.92. The predicted molar refractivity (Wildman–Crippen MR) is 105 cm³/mol. The normalized spacial score (nSPS) is 23.7. The molecule has 1 amide bonds. The smallest absolute Gasteiger partial charge is 0.224 e. The van der Waals surface area contributed by atoms with Gasteiger partial charge in [0.05, 0.1) is 5.92 Å². The van der Waals surface area contributed by atoms with Gasteiger partial charge in [0.2, 0.25) is 5.91 Å². The second kappa shape index (κ2) is 8.49. The summed E-state index contributed by atoms with van der Waals surface area (Å²) >= 11 is 0. The molecule has 0 unspecified atom stereocenters. The van der Waals surface area contributed by atoms with Gasteiger partial charge in [-0.1, -0.05) is 0 Å². The summed E-state index contributed by atoms with van der Waals surface area (Å²) in [5, 5.41) is 3.17. The lowest BCUT2D eigenvalue weighted by Gasteiger charge is -2.42. The molecule has 3 rings (SSSR count). The van der Waals surface area contributed by atoms with Gasteiger partial charge in [-0.2, -0.15) is 0 Å². The highest BCUT2D eigenvalue weighted by molar-refractivity contribution is 5.79. The molecule has 1 aromatic heterocycles. The summed E-state index contributed by atoms with van der Waals surface area (Å²) in [6.45, 7) is 11.6. The summed E-state index contributed by atoms with van der Waals surface area (Å²) in [5.41, 5.74) is 1.20. The maximum atomic E-state index is 12.5. The number of carbonyl (C=O) groups is 1. The van der Waals surface area contributed by atoms with Gasteiger partial charge in [0, 0.05) is 37.1 Å². The van der Waals surface area contributed by atoms with Crippen molar-refractivity contribution in [2.24, 2.45) is 5.92 Å². The average Bonchev–Trinajstić information content (AvgIpc) is 2.62. The van der Waals surface area contributed by atoms with E-state index in [0.717, 1.165) is 45.6 Å². The van der Waals surface area contributed by atoms with E-state index in [2.05, 4.69) is 53.0 Å². The fourth-order valence-corrected chi connectivity index (χ4v) is 4.21. The highest BCUT2D eigenvalue weighted by atomic mass is 16.2. The van der Waals surface area contributed by atoms with Crippen molar-refractivity contribution < 1.29 is 4.79 Å². The van der Waals surface area contributed by atoms with Crippen molar-refractivity contribution in [2.45, 2.75) is 64.6 Å².